The number of rotatable bonds is 5. The summed E-state index contributed by atoms with van der Waals surface area (Å²) in [5.41, 5.74) is 0.574. The first kappa shape index (κ1) is 20.3. The Bertz CT molecular complexity index is 1240. The van der Waals surface area contributed by atoms with E-state index in [4.69, 9.17) is 0 Å². The zero-order valence-corrected chi connectivity index (χ0v) is 16.2. The molecule has 0 unspecified atom stereocenters. The predicted molar refractivity (Wildman–Crippen MR) is 107 cm³/mol. The number of aromatic nitrogens is 5. The van der Waals surface area contributed by atoms with Gasteiger partial charge in [-0.1, -0.05) is 6.07 Å². The van der Waals surface area contributed by atoms with Gasteiger partial charge < -0.3 is 10.6 Å². The smallest absolute Gasteiger partial charge is 0.361 e. The van der Waals surface area contributed by atoms with Crippen LogP contribution in [0.3, 0.4) is 0 Å². The van der Waals surface area contributed by atoms with Crippen LogP contribution in [0.1, 0.15) is 11.3 Å². The first-order chi connectivity index (χ1) is 14.8. The maximum Gasteiger partial charge on any atom is 0.416 e. The van der Waals surface area contributed by atoms with Crippen molar-refractivity contribution in [2.24, 2.45) is 0 Å². The molecule has 0 bridgehead atoms. The molecule has 3 heterocycles. The molecule has 4 rings (SSSR count). The molecule has 1 aromatic carbocycles. The van der Waals surface area contributed by atoms with Crippen molar-refractivity contribution in [3.8, 4) is 11.4 Å². The van der Waals surface area contributed by atoms with E-state index in [1.54, 1.807) is 31.5 Å². The van der Waals surface area contributed by atoms with Crippen LogP contribution in [0.25, 0.3) is 17.2 Å². The fraction of sp³-hybridized carbons (Fsp3) is 0.150. The van der Waals surface area contributed by atoms with E-state index in [1.165, 1.54) is 16.6 Å². The summed E-state index contributed by atoms with van der Waals surface area (Å²) < 4.78 is 40.0. The highest BCUT2D eigenvalue weighted by Gasteiger charge is 2.30. The number of hydrogen-bond acceptors (Lipinski definition) is 6. The number of carbonyl (C=O) groups excluding carboxylic acids is 1. The molecular formula is C20H16F3N7O. The number of anilines is 2. The molecule has 4 aromatic rings. The molecule has 0 fully saturated rings. The van der Waals surface area contributed by atoms with E-state index in [1.807, 2.05) is 6.07 Å². The predicted octanol–water partition coefficient (Wildman–Crippen LogP) is 3.56. The zero-order chi connectivity index (χ0) is 22.0. The largest absolute Gasteiger partial charge is 0.416 e. The van der Waals surface area contributed by atoms with E-state index >= 15 is 0 Å². The maximum absolute atomic E-state index is 12.8. The number of carbonyl (C=O) groups is 1. The molecule has 0 atom stereocenters. The van der Waals surface area contributed by atoms with Gasteiger partial charge in [-0.15, -0.1) is 5.10 Å². The van der Waals surface area contributed by atoms with Gasteiger partial charge in [-0.2, -0.15) is 22.7 Å². The van der Waals surface area contributed by atoms with Gasteiger partial charge in [0.2, 0.25) is 5.91 Å². The van der Waals surface area contributed by atoms with Crippen LogP contribution in [0.5, 0.6) is 0 Å². The highest BCUT2D eigenvalue weighted by molar-refractivity contribution is 5.93. The minimum atomic E-state index is -4.49. The minimum Gasteiger partial charge on any atom is -0.361 e. The second-order valence-corrected chi connectivity index (χ2v) is 6.65. The normalized spacial score (nSPS) is 11.5. The summed E-state index contributed by atoms with van der Waals surface area (Å²) in [5.74, 6) is 0.696. The van der Waals surface area contributed by atoms with Gasteiger partial charge in [0.15, 0.2) is 5.82 Å². The van der Waals surface area contributed by atoms with Gasteiger partial charge in [0.1, 0.15) is 5.82 Å². The molecule has 0 spiro atoms. The Balaban J connectivity index is 1.51. The Labute approximate surface area is 174 Å². The fourth-order valence-electron chi connectivity index (χ4n) is 2.88. The van der Waals surface area contributed by atoms with Crippen LogP contribution in [0.2, 0.25) is 0 Å². The van der Waals surface area contributed by atoms with E-state index in [0.29, 0.717) is 28.7 Å². The molecule has 0 aliphatic carbocycles. The number of fused-ring (bicyclic) bond motifs is 1. The third kappa shape index (κ3) is 4.60. The number of pyridine rings is 1. The molecule has 2 N–H and O–H groups in total. The Kier molecular flexibility index (Phi) is 5.24. The van der Waals surface area contributed by atoms with Crippen molar-refractivity contribution in [1.29, 1.82) is 0 Å². The lowest BCUT2D eigenvalue weighted by Gasteiger charge is -2.11. The Hall–Kier alpha value is -4.02. The monoisotopic (exact) mass is 427 g/mol. The summed E-state index contributed by atoms with van der Waals surface area (Å²) in [5, 5.41) is 9.78. The van der Waals surface area contributed by atoms with Gasteiger partial charge in [0, 0.05) is 35.4 Å². The number of aryl methyl sites for hydroxylation is 1. The number of halogens is 3. The molecular weight excluding hydrogens is 411 g/mol. The van der Waals surface area contributed by atoms with Crippen molar-refractivity contribution >= 4 is 23.2 Å². The Morgan fingerprint density at radius 2 is 1.97 bits per heavy atom. The van der Waals surface area contributed by atoms with E-state index in [-0.39, 0.29) is 12.2 Å². The number of hydrogen-bond donors (Lipinski definition) is 2. The van der Waals surface area contributed by atoms with Crippen LogP contribution >= 0.6 is 0 Å². The lowest BCUT2D eigenvalue weighted by Crippen LogP contribution is -2.23. The minimum absolute atomic E-state index is 0.0531. The van der Waals surface area contributed by atoms with Crippen molar-refractivity contribution in [2.75, 3.05) is 17.2 Å². The van der Waals surface area contributed by atoms with Crippen LogP contribution in [-0.4, -0.2) is 37.0 Å². The standard InChI is InChI=1S/C20H16F3N7O/c1-12-8-16(30-19(26-12)28-18(29-30)13-4-3-7-24-10-13)25-11-17(31)27-15-6-2-5-14(9-15)20(21,22)23/h2-10,25H,11H2,1H3,(H,27,31). The van der Waals surface area contributed by atoms with Gasteiger partial charge in [-0.05, 0) is 37.3 Å². The molecule has 0 aliphatic heterocycles. The number of nitrogens with one attached hydrogen (secondary N) is 2. The first-order valence-electron chi connectivity index (χ1n) is 9.15. The number of nitrogens with zero attached hydrogens (tertiary/aromatic N) is 5. The zero-order valence-electron chi connectivity index (χ0n) is 16.2. The summed E-state index contributed by atoms with van der Waals surface area (Å²) in [7, 11) is 0. The van der Waals surface area contributed by atoms with E-state index < -0.39 is 17.6 Å². The summed E-state index contributed by atoms with van der Waals surface area (Å²) in [6.07, 6.45) is -1.23. The molecule has 8 nitrogen and oxygen atoms in total. The summed E-state index contributed by atoms with van der Waals surface area (Å²) >= 11 is 0. The van der Waals surface area contributed by atoms with Gasteiger partial charge in [0.25, 0.3) is 5.78 Å². The summed E-state index contributed by atoms with van der Waals surface area (Å²) in [4.78, 5) is 25.0. The van der Waals surface area contributed by atoms with Crippen molar-refractivity contribution < 1.29 is 18.0 Å². The van der Waals surface area contributed by atoms with Crippen LogP contribution in [0.4, 0.5) is 24.7 Å². The SMILES string of the molecule is Cc1cc(NCC(=O)Nc2cccc(C(F)(F)F)c2)n2nc(-c3cccnc3)nc2n1. The van der Waals surface area contributed by atoms with Crippen molar-refractivity contribution in [2.45, 2.75) is 13.1 Å². The van der Waals surface area contributed by atoms with Crippen molar-refractivity contribution in [1.82, 2.24) is 24.6 Å². The molecule has 11 heteroatoms. The average molecular weight is 427 g/mol. The highest BCUT2D eigenvalue weighted by atomic mass is 19.4. The molecule has 0 aliphatic rings. The van der Waals surface area contributed by atoms with E-state index in [0.717, 1.165) is 12.1 Å². The number of amides is 1. The van der Waals surface area contributed by atoms with Crippen LogP contribution in [-0.2, 0) is 11.0 Å². The Morgan fingerprint density at radius 3 is 2.71 bits per heavy atom. The molecule has 31 heavy (non-hydrogen) atoms. The van der Waals surface area contributed by atoms with Crippen molar-refractivity contribution in [3.05, 3.63) is 66.1 Å². The second kappa shape index (κ2) is 8.01. The van der Waals surface area contributed by atoms with Crippen LogP contribution in [0, 0.1) is 6.92 Å². The van der Waals surface area contributed by atoms with Gasteiger partial charge >= 0.3 is 6.18 Å². The fourth-order valence-corrected chi connectivity index (χ4v) is 2.88. The molecule has 1 amide bonds. The van der Waals surface area contributed by atoms with Crippen molar-refractivity contribution in [3.63, 3.8) is 0 Å². The average Bonchev–Trinajstić information content (AvgIpc) is 3.16. The molecule has 0 radical (unpaired) electrons. The summed E-state index contributed by atoms with van der Waals surface area (Å²) in [6.45, 7) is 1.57. The quantitative estimate of drug-likeness (QED) is 0.506. The number of alkyl halides is 3. The third-order valence-electron chi connectivity index (χ3n) is 4.26. The maximum atomic E-state index is 12.8. The van der Waals surface area contributed by atoms with E-state index in [2.05, 4.69) is 30.7 Å². The highest BCUT2D eigenvalue weighted by Crippen LogP contribution is 2.30. The van der Waals surface area contributed by atoms with E-state index in [9.17, 15) is 18.0 Å². The van der Waals surface area contributed by atoms with Gasteiger partial charge in [0.05, 0.1) is 12.1 Å². The first-order valence-corrected chi connectivity index (χ1v) is 9.15. The van der Waals surface area contributed by atoms with Crippen LogP contribution in [0.15, 0.2) is 54.9 Å². The lowest BCUT2D eigenvalue weighted by molar-refractivity contribution is -0.137. The molecule has 0 saturated carbocycles. The van der Waals surface area contributed by atoms with Gasteiger partial charge in [-0.3, -0.25) is 9.78 Å². The topological polar surface area (TPSA) is 97.1 Å². The Morgan fingerprint density at radius 1 is 1.13 bits per heavy atom. The second-order valence-electron chi connectivity index (χ2n) is 6.65. The molecule has 158 valence electrons. The third-order valence-corrected chi connectivity index (χ3v) is 4.26. The lowest BCUT2D eigenvalue weighted by atomic mass is 10.2. The number of benzene rings is 1. The van der Waals surface area contributed by atoms with Crippen LogP contribution < -0.4 is 10.6 Å². The van der Waals surface area contributed by atoms with Gasteiger partial charge in [-0.25, -0.2) is 4.98 Å². The summed E-state index contributed by atoms with van der Waals surface area (Å²) in [6, 6.07) is 9.70. The molecule has 0 saturated heterocycles. The molecule has 3 aromatic heterocycles.